The Kier molecular flexibility index (Phi) is 2.97. The van der Waals surface area contributed by atoms with Gasteiger partial charge in [0.1, 0.15) is 5.60 Å². The van der Waals surface area contributed by atoms with E-state index in [9.17, 15) is 9.59 Å². The fraction of sp³-hybridized carbons (Fsp3) is 0.529. The minimum atomic E-state index is -0.650. The molecule has 0 unspecified atom stereocenters. The van der Waals surface area contributed by atoms with E-state index in [1.54, 1.807) is 6.26 Å². The van der Waals surface area contributed by atoms with Crippen LogP contribution in [-0.2, 0) is 23.8 Å². The minimum Gasteiger partial charge on any atom is -0.465 e. The SMILES string of the molecule is CC(=O)O[C@H]1c2occ(C)c2[C@H]2C=C(CC[C@H]3O[C@]31C)C(=O)O2. The number of esters is 2. The second-order valence-corrected chi connectivity index (χ2v) is 6.53. The minimum absolute atomic E-state index is 0.0871. The predicted octanol–water partition coefficient (Wildman–Crippen LogP) is 2.67. The lowest BCUT2D eigenvalue weighted by Gasteiger charge is -2.22. The molecule has 2 bridgehead atoms. The average molecular weight is 318 g/mol. The summed E-state index contributed by atoms with van der Waals surface area (Å²) in [6, 6.07) is 0. The van der Waals surface area contributed by atoms with Crippen molar-refractivity contribution in [1.29, 1.82) is 0 Å². The first-order valence-corrected chi connectivity index (χ1v) is 7.74. The van der Waals surface area contributed by atoms with Crippen molar-refractivity contribution in [3.63, 3.8) is 0 Å². The Labute approximate surface area is 133 Å². The molecule has 3 aliphatic rings. The van der Waals surface area contributed by atoms with Crippen molar-refractivity contribution < 1.29 is 28.2 Å². The third-order valence-electron chi connectivity index (χ3n) is 4.88. The Morgan fingerprint density at radius 3 is 2.96 bits per heavy atom. The summed E-state index contributed by atoms with van der Waals surface area (Å²) in [5.74, 6) is -0.197. The van der Waals surface area contributed by atoms with Gasteiger partial charge >= 0.3 is 11.9 Å². The second-order valence-electron chi connectivity index (χ2n) is 6.53. The lowest BCUT2D eigenvalue weighted by atomic mass is 9.89. The van der Waals surface area contributed by atoms with Crippen LogP contribution in [0.1, 0.15) is 55.8 Å². The van der Waals surface area contributed by atoms with Gasteiger partial charge in [0.2, 0.25) is 0 Å². The van der Waals surface area contributed by atoms with Gasteiger partial charge in [-0.3, -0.25) is 4.79 Å². The van der Waals surface area contributed by atoms with Gasteiger partial charge in [-0.15, -0.1) is 0 Å². The van der Waals surface area contributed by atoms with Gasteiger partial charge < -0.3 is 18.6 Å². The third-order valence-corrected chi connectivity index (χ3v) is 4.88. The number of fused-ring (bicyclic) bond motifs is 4. The fourth-order valence-electron chi connectivity index (χ4n) is 3.58. The lowest BCUT2D eigenvalue weighted by molar-refractivity contribution is -0.151. The highest BCUT2D eigenvalue weighted by Gasteiger charge is 2.61. The van der Waals surface area contributed by atoms with E-state index in [1.807, 2.05) is 19.9 Å². The zero-order chi connectivity index (χ0) is 16.4. The largest absolute Gasteiger partial charge is 0.465 e. The number of ether oxygens (including phenoxy) is 3. The van der Waals surface area contributed by atoms with E-state index in [0.717, 1.165) is 11.1 Å². The van der Waals surface area contributed by atoms with Crippen molar-refractivity contribution >= 4 is 11.9 Å². The van der Waals surface area contributed by atoms with Crippen LogP contribution in [-0.4, -0.2) is 23.6 Å². The number of furan rings is 1. The summed E-state index contributed by atoms with van der Waals surface area (Å²) in [5.41, 5.74) is 1.64. The Bertz CT molecular complexity index is 729. The molecule has 2 aliphatic heterocycles. The van der Waals surface area contributed by atoms with Gasteiger partial charge in [-0.2, -0.15) is 0 Å². The van der Waals surface area contributed by atoms with Crippen molar-refractivity contribution in [2.45, 2.75) is 57.5 Å². The monoisotopic (exact) mass is 318 g/mol. The molecule has 4 rings (SSSR count). The summed E-state index contributed by atoms with van der Waals surface area (Å²) >= 11 is 0. The van der Waals surface area contributed by atoms with Crippen molar-refractivity contribution in [3.8, 4) is 0 Å². The summed E-state index contributed by atoms with van der Waals surface area (Å²) < 4.78 is 22.6. The zero-order valence-corrected chi connectivity index (χ0v) is 13.3. The van der Waals surface area contributed by atoms with Gasteiger partial charge in [-0.25, -0.2) is 4.79 Å². The number of rotatable bonds is 1. The highest BCUT2D eigenvalue weighted by molar-refractivity contribution is 5.91. The van der Waals surface area contributed by atoms with Crippen LogP contribution in [0, 0.1) is 6.92 Å². The molecular formula is C17H18O6. The maximum Gasteiger partial charge on any atom is 0.334 e. The van der Waals surface area contributed by atoms with Crippen LogP contribution in [0.4, 0.5) is 0 Å². The van der Waals surface area contributed by atoms with Crippen LogP contribution in [0.25, 0.3) is 0 Å². The van der Waals surface area contributed by atoms with E-state index < -0.39 is 23.8 Å². The van der Waals surface area contributed by atoms with E-state index in [1.165, 1.54) is 6.92 Å². The molecule has 0 spiro atoms. The Morgan fingerprint density at radius 2 is 2.22 bits per heavy atom. The van der Waals surface area contributed by atoms with E-state index >= 15 is 0 Å². The Hall–Kier alpha value is -2.08. The zero-order valence-electron chi connectivity index (χ0n) is 13.3. The molecule has 122 valence electrons. The molecule has 0 radical (unpaired) electrons. The fourth-order valence-corrected chi connectivity index (χ4v) is 3.58. The number of carbonyl (C=O) groups excluding carboxylic acids is 2. The summed E-state index contributed by atoms with van der Waals surface area (Å²) in [4.78, 5) is 23.6. The van der Waals surface area contributed by atoms with Gasteiger partial charge in [0.15, 0.2) is 18.0 Å². The molecule has 4 atom stereocenters. The number of epoxide rings is 1. The van der Waals surface area contributed by atoms with E-state index in [2.05, 4.69) is 0 Å². The van der Waals surface area contributed by atoms with Crippen LogP contribution in [0.2, 0.25) is 0 Å². The highest BCUT2D eigenvalue weighted by atomic mass is 16.7. The van der Waals surface area contributed by atoms with Gasteiger partial charge in [0.25, 0.3) is 0 Å². The van der Waals surface area contributed by atoms with Crippen LogP contribution >= 0.6 is 0 Å². The first kappa shape index (κ1) is 14.5. The van der Waals surface area contributed by atoms with Crippen molar-refractivity contribution in [1.82, 2.24) is 0 Å². The van der Waals surface area contributed by atoms with E-state index in [0.29, 0.717) is 24.2 Å². The number of carbonyl (C=O) groups is 2. The quantitative estimate of drug-likeness (QED) is 0.585. The van der Waals surface area contributed by atoms with Crippen molar-refractivity contribution in [3.05, 3.63) is 34.8 Å². The number of hydrogen-bond donors (Lipinski definition) is 0. The van der Waals surface area contributed by atoms with Crippen LogP contribution in [0.5, 0.6) is 0 Å². The molecule has 0 aromatic carbocycles. The highest BCUT2D eigenvalue weighted by Crippen LogP contribution is 2.53. The van der Waals surface area contributed by atoms with Crippen LogP contribution in [0.3, 0.4) is 0 Å². The number of hydrogen-bond acceptors (Lipinski definition) is 6. The summed E-state index contributed by atoms with van der Waals surface area (Å²) in [5, 5.41) is 0. The van der Waals surface area contributed by atoms with Crippen LogP contribution < -0.4 is 0 Å². The maximum absolute atomic E-state index is 12.0. The Balaban J connectivity index is 1.85. The van der Waals surface area contributed by atoms with E-state index in [-0.39, 0.29) is 12.1 Å². The maximum atomic E-state index is 12.0. The summed E-state index contributed by atoms with van der Waals surface area (Å²) in [6.45, 7) is 5.16. The summed E-state index contributed by atoms with van der Waals surface area (Å²) in [6.07, 6.45) is 3.46. The lowest BCUT2D eigenvalue weighted by Crippen LogP contribution is -2.27. The molecule has 23 heavy (non-hydrogen) atoms. The smallest absolute Gasteiger partial charge is 0.334 e. The molecule has 0 N–H and O–H groups in total. The van der Waals surface area contributed by atoms with Crippen molar-refractivity contribution in [2.24, 2.45) is 0 Å². The molecule has 1 fully saturated rings. The molecule has 1 aromatic rings. The van der Waals surface area contributed by atoms with E-state index in [4.69, 9.17) is 18.6 Å². The first-order valence-electron chi connectivity index (χ1n) is 7.74. The normalized spacial score (nSPS) is 34.8. The molecular weight excluding hydrogens is 300 g/mol. The molecule has 1 aliphatic carbocycles. The average Bonchev–Trinajstić information content (AvgIpc) is 2.80. The second kappa shape index (κ2) is 4.71. The molecule has 3 heterocycles. The van der Waals surface area contributed by atoms with Gasteiger partial charge in [-0.1, -0.05) is 0 Å². The standard InChI is InChI=1S/C17H18O6/c1-8-7-20-14-13(8)11-6-10(16(19)22-11)4-5-12-17(3,23-12)15(14)21-9(2)18/h6-7,11-12,15H,4-5H2,1-3H3/t11-,12-,15+,17-/m1/s1. The predicted molar refractivity (Wildman–Crippen MR) is 77.4 cm³/mol. The van der Waals surface area contributed by atoms with Gasteiger partial charge in [0, 0.05) is 18.1 Å². The number of aryl methyl sites for hydroxylation is 1. The topological polar surface area (TPSA) is 78.3 Å². The molecule has 1 aromatic heterocycles. The molecule has 0 amide bonds. The van der Waals surface area contributed by atoms with Crippen molar-refractivity contribution in [2.75, 3.05) is 0 Å². The van der Waals surface area contributed by atoms with Gasteiger partial charge in [-0.05, 0) is 38.3 Å². The third kappa shape index (κ3) is 2.12. The molecule has 6 heteroatoms. The Morgan fingerprint density at radius 1 is 1.43 bits per heavy atom. The summed E-state index contributed by atoms with van der Waals surface area (Å²) in [7, 11) is 0. The molecule has 6 nitrogen and oxygen atoms in total. The molecule has 1 saturated heterocycles. The van der Waals surface area contributed by atoms with Crippen LogP contribution in [0.15, 0.2) is 22.3 Å². The van der Waals surface area contributed by atoms with Gasteiger partial charge in [0.05, 0.1) is 12.4 Å². The first-order chi connectivity index (χ1) is 10.9. The molecule has 0 saturated carbocycles.